The second kappa shape index (κ2) is 6.31. The third-order valence-electron chi connectivity index (χ3n) is 2.90. The molecule has 0 aliphatic rings. The summed E-state index contributed by atoms with van der Waals surface area (Å²) in [7, 11) is 0. The van der Waals surface area contributed by atoms with Crippen LogP contribution in [0.2, 0.25) is 0 Å². The Morgan fingerprint density at radius 2 is 2.05 bits per heavy atom. The molecule has 3 nitrogen and oxygen atoms in total. The molecule has 1 N–H and O–H groups in total. The molecule has 2 aromatic rings. The standard InChI is InChI=1S/C15H16BrFN2O/c1-9(2)7-12-14(16)15(20)19-13(18-12)8-10-5-3-4-6-11(10)17/h3-6,9H,7-8H2,1-2H3,(H,18,19,20). The van der Waals surface area contributed by atoms with E-state index in [4.69, 9.17) is 0 Å². The predicted octanol–water partition coefficient (Wildman–Crippen LogP) is 3.46. The van der Waals surface area contributed by atoms with E-state index < -0.39 is 0 Å². The maximum atomic E-state index is 13.6. The van der Waals surface area contributed by atoms with Gasteiger partial charge in [-0.1, -0.05) is 32.0 Å². The van der Waals surface area contributed by atoms with Gasteiger partial charge >= 0.3 is 0 Å². The summed E-state index contributed by atoms with van der Waals surface area (Å²) in [6, 6.07) is 6.51. The second-order valence-corrected chi connectivity index (χ2v) is 5.93. The normalized spacial score (nSPS) is 11.1. The Hall–Kier alpha value is -1.49. The topological polar surface area (TPSA) is 45.8 Å². The van der Waals surface area contributed by atoms with Gasteiger partial charge in [0.25, 0.3) is 5.56 Å². The van der Waals surface area contributed by atoms with Gasteiger partial charge in [-0.3, -0.25) is 4.79 Å². The summed E-state index contributed by atoms with van der Waals surface area (Å²) >= 11 is 3.26. The van der Waals surface area contributed by atoms with E-state index in [0.29, 0.717) is 28.2 Å². The van der Waals surface area contributed by atoms with E-state index in [1.807, 2.05) is 0 Å². The number of hydrogen-bond donors (Lipinski definition) is 1. The Morgan fingerprint density at radius 3 is 2.70 bits per heavy atom. The first-order valence-electron chi connectivity index (χ1n) is 6.48. The van der Waals surface area contributed by atoms with Crippen molar-refractivity contribution in [1.82, 2.24) is 9.97 Å². The third kappa shape index (κ3) is 3.54. The van der Waals surface area contributed by atoms with Crippen molar-refractivity contribution in [1.29, 1.82) is 0 Å². The van der Waals surface area contributed by atoms with Gasteiger partial charge in [0.05, 0.1) is 5.69 Å². The molecule has 0 radical (unpaired) electrons. The van der Waals surface area contributed by atoms with E-state index >= 15 is 0 Å². The molecule has 1 aromatic heterocycles. The third-order valence-corrected chi connectivity index (χ3v) is 3.72. The average molecular weight is 339 g/mol. The van der Waals surface area contributed by atoms with Crippen LogP contribution < -0.4 is 5.56 Å². The van der Waals surface area contributed by atoms with Crippen LogP contribution in [0.1, 0.15) is 30.9 Å². The molecule has 0 unspecified atom stereocenters. The van der Waals surface area contributed by atoms with Crippen molar-refractivity contribution < 1.29 is 4.39 Å². The maximum absolute atomic E-state index is 13.6. The molecule has 0 saturated carbocycles. The summed E-state index contributed by atoms with van der Waals surface area (Å²) in [4.78, 5) is 19.0. The van der Waals surface area contributed by atoms with Gasteiger partial charge in [0.15, 0.2) is 0 Å². The molecule has 2 rings (SSSR count). The summed E-state index contributed by atoms with van der Waals surface area (Å²) in [5.41, 5.74) is 1.02. The molecule has 0 fully saturated rings. The smallest absolute Gasteiger partial charge is 0.265 e. The number of H-pyrrole nitrogens is 1. The van der Waals surface area contributed by atoms with E-state index in [0.717, 1.165) is 5.69 Å². The summed E-state index contributed by atoms with van der Waals surface area (Å²) in [6.45, 7) is 4.12. The first kappa shape index (κ1) is 14.9. The molecule has 0 bridgehead atoms. The van der Waals surface area contributed by atoms with Crippen LogP contribution in [0.3, 0.4) is 0 Å². The highest BCUT2D eigenvalue weighted by Crippen LogP contribution is 2.16. The van der Waals surface area contributed by atoms with Crippen LogP contribution in [0.25, 0.3) is 0 Å². The minimum absolute atomic E-state index is 0.220. The van der Waals surface area contributed by atoms with E-state index in [1.165, 1.54) is 6.07 Å². The second-order valence-electron chi connectivity index (χ2n) is 5.14. The van der Waals surface area contributed by atoms with Gasteiger partial charge in [-0.05, 0) is 39.9 Å². The number of aromatic amines is 1. The number of rotatable bonds is 4. The first-order valence-corrected chi connectivity index (χ1v) is 7.27. The first-order chi connectivity index (χ1) is 9.47. The number of hydrogen-bond acceptors (Lipinski definition) is 2. The van der Waals surface area contributed by atoms with Crippen LogP contribution >= 0.6 is 15.9 Å². The summed E-state index contributed by atoms with van der Waals surface area (Å²) in [5.74, 6) is 0.587. The van der Waals surface area contributed by atoms with Crippen LogP contribution in [0.4, 0.5) is 4.39 Å². The van der Waals surface area contributed by atoms with Gasteiger partial charge in [0.2, 0.25) is 0 Å². The molecule has 0 saturated heterocycles. The lowest BCUT2D eigenvalue weighted by atomic mass is 10.1. The van der Waals surface area contributed by atoms with Crippen molar-refractivity contribution in [2.45, 2.75) is 26.7 Å². The molecule has 0 aliphatic carbocycles. The fourth-order valence-electron chi connectivity index (χ4n) is 1.98. The lowest BCUT2D eigenvalue weighted by Gasteiger charge is -2.09. The fourth-order valence-corrected chi connectivity index (χ4v) is 2.33. The highest BCUT2D eigenvalue weighted by molar-refractivity contribution is 9.10. The summed E-state index contributed by atoms with van der Waals surface area (Å²) in [5, 5.41) is 0. The molecule has 0 spiro atoms. The van der Waals surface area contributed by atoms with Crippen molar-refractivity contribution >= 4 is 15.9 Å². The largest absolute Gasteiger partial charge is 0.309 e. The van der Waals surface area contributed by atoms with Gasteiger partial charge in [0, 0.05) is 6.42 Å². The lowest BCUT2D eigenvalue weighted by Crippen LogP contribution is -2.17. The molecule has 106 valence electrons. The molecule has 0 aliphatic heterocycles. The number of nitrogens with one attached hydrogen (secondary N) is 1. The van der Waals surface area contributed by atoms with Crippen molar-refractivity contribution in [2.24, 2.45) is 5.92 Å². The van der Waals surface area contributed by atoms with Gasteiger partial charge < -0.3 is 4.98 Å². The quantitative estimate of drug-likeness (QED) is 0.927. The van der Waals surface area contributed by atoms with Crippen molar-refractivity contribution in [2.75, 3.05) is 0 Å². The van der Waals surface area contributed by atoms with Crippen molar-refractivity contribution in [3.63, 3.8) is 0 Å². The zero-order valence-electron chi connectivity index (χ0n) is 11.4. The Balaban J connectivity index is 2.36. The predicted molar refractivity (Wildman–Crippen MR) is 80.3 cm³/mol. The molecule has 1 heterocycles. The fraction of sp³-hybridized carbons (Fsp3) is 0.333. The average Bonchev–Trinajstić information content (AvgIpc) is 2.37. The zero-order valence-corrected chi connectivity index (χ0v) is 13.0. The number of aromatic nitrogens is 2. The maximum Gasteiger partial charge on any atom is 0.265 e. The number of nitrogens with zero attached hydrogens (tertiary/aromatic N) is 1. The van der Waals surface area contributed by atoms with Crippen LogP contribution in [-0.4, -0.2) is 9.97 Å². The van der Waals surface area contributed by atoms with E-state index in [9.17, 15) is 9.18 Å². The van der Waals surface area contributed by atoms with Gasteiger partial charge in [-0.2, -0.15) is 0 Å². The minimum Gasteiger partial charge on any atom is -0.309 e. The lowest BCUT2D eigenvalue weighted by molar-refractivity contribution is 0.608. The highest BCUT2D eigenvalue weighted by atomic mass is 79.9. The Labute approximate surface area is 125 Å². The SMILES string of the molecule is CC(C)Cc1nc(Cc2ccccc2F)[nH]c(=O)c1Br. The molecule has 0 amide bonds. The highest BCUT2D eigenvalue weighted by Gasteiger charge is 2.12. The van der Waals surface area contributed by atoms with Crippen molar-refractivity contribution in [3.8, 4) is 0 Å². The Bertz CT molecular complexity index is 667. The zero-order chi connectivity index (χ0) is 14.7. The molecule has 1 aromatic carbocycles. The van der Waals surface area contributed by atoms with Crippen LogP contribution in [0, 0.1) is 11.7 Å². The minimum atomic E-state index is -0.288. The monoisotopic (exact) mass is 338 g/mol. The van der Waals surface area contributed by atoms with Gasteiger partial charge in [-0.15, -0.1) is 0 Å². The summed E-state index contributed by atoms with van der Waals surface area (Å²) < 4.78 is 14.1. The molecular weight excluding hydrogens is 323 g/mol. The summed E-state index contributed by atoms with van der Waals surface area (Å²) in [6.07, 6.45) is 0.981. The van der Waals surface area contributed by atoms with Crippen molar-refractivity contribution in [3.05, 3.63) is 62.0 Å². The van der Waals surface area contributed by atoms with Crippen LogP contribution in [0.15, 0.2) is 33.5 Å². The van der Waals surface area contributed by atoms with Gasteiger partial charge in [-0.25, -0.2) is 9.37 Å². The Kier molecular flexibility index (Phi) is 4.70. The molecule has 0 atom stereocenters. The molecule has 5 heteroatoms. The van der Waals surface area contributed by atoms with E-state index in [2.05, 4.69) is 39.7 Å². The molecular formula is C15H16BrFN2O. The number of benzene rings is 1. The van der Waals surface area contributed by atoms with Crippen LogP contribution in [-0.2, 0) is 12.8 Å². The van der Waals surface area contributed by atoms with Gasteiger partial charge in [0.1, 0.15) is 16.1 Å². The number of halogens is 2. The Morgan fingerprint density at radius 1 is 1.35 bits per heavy atom. The van der Waals surface area contributed by atoms with E-state index in [-0.39, 0.29) is 17.8 Å². The van der Waals surface area contributed by atoms with Crippen LogP contribution in [0.5, 0.6) is 0 Å². The van der Waals surface area contributed by atoms with E-state index in [1.54, 1.807) is 18.2 Å². The molecule has 20 heavy (non-hydrogen) atoms.